The lowest BCUT2D eigenvalue weighted by atomic mass is 9.88. The lowest BCUT2D eigenvalue weighted by molar-refractivity contribution is -0.121. The van der Waals surface area contributed by atoms with Gasteiger partial charge < -0.3 is 10.3 Å². The summed E-state index contributed by atoms with van der Waals surface area (Å²) in [6.45, 7) is 10.8. The second-order valence-electron chi connectivity index (χ2n) is 8.44. The summed E-state index contributed by atoms with van der Waals surface area (Å²) in [5.74, 6) is 0.0854. The molecule has 3 N–H and O–H groups in total. The number of hydrogen-bond donors (Lipinski definition) is 3. The minimum Gasteiger partial charge on any atom is -0.356 e. The van der Waals surface area contributed by atoms with Gasteiger partial charge >= 0.3 is 0 Å². The highest BCUT2D eigenvalue weighted by Crippen LogP contribution is 2.31. The first-order valence-corrected chi connectivity index (χ1v) is 9.50. The van der Waals surface area contributed by atoms with Crippen LogP contribution in [0.1, 0.15) is 63.1 Å². The number of rotatable bonds is 5. The van der Waals surface area contributed by atoms with E-state index in [1.807, 2.05) is 6.92 Å². The molecule has 26 heavy (non-hydrogen) atoms. The molecule has 1 aliphatic carbocycles. The van der Waals surface area contributed by atoms with Gasteiger partial charge in [-0.05, 0) is 36.8 Å². The van der Waals surface area contributed by atoms with Gasteiger partial charge in [-0.1, -0.05) is 39.8 Å². The first kappa shape index (κ1) is 18.5. The third-order valence-electron chi connectivity index (χ3n) is 4.99. The Morgan fingerprint density at radius 1 is 1.38 bits per heavy atom. The maximum absolute atomic E-state index is 11.6. The maximum atomic E-state index is 11.6. The van der Waals surface area contributed by atoms with Crippen molar-refractivity contribution in [2.45, 2.75) is 66.3 Å². The largest absolute Gasteiger partial charge is 0.356 e. The standard InChI is InChI=1S/C21H30N4O/c1-6-19(26)22-15-8-7-14-11-18(23-17(14)12-15)20-16(13(2)24-25-20)9-10-21(3,4)5/h7-8,11,15,23H,6,9-10,12H2,1-5H3,(H,22,26)(H,24,25). The topological polar surface area (TPSA) is 73.6 Å². The number of hydrogen-bond acceptors (Lipinski definition) is 2. The lowest BCUT2D eigenvalue weighted by Crippen LogP contribution is -2.35. The van der Waals surface area contributed by atoms with Crippen molar-refractivity contribution in [1.29, 1.82) is 0 Å². The summed E-state index contributed by atoms with van der Waals surface area (Å²) >= 11 is 0. The summed E-state index contributed by atoms with van der Waals surface area (Å²) in [5, 5.41) is 10.8. The molecule has 1 unspecified atom stereocenters. The summed E-state index contributed by atoms with van der Waals surface area (Å²) in [4.78, 5) is 15.2. The first-order chi connectivity index (χ1) is 12.3. The molecular formula is C21H30N4O. The van der Waals surface area contributed by atoms with Crippen LogP contribution < -0.4 is 5.32 Å². The Kier molecular flexibility index (Phi) is 5.08. The molecule has 2 heterocycles. The average Bonchev–Trinajstić information content (AvgIpc) is 3.14. The van der Waals surface area contributed by atoms with Crippen LogP contribution in [0.25, 0.3) is 17.5 Å². The Balaban J connectivity index is 1.81. The van der Waals surface area contributed by atoms with Gasteiger partial charge in [0.2, 0.25) is 5.91 Å². The number of aromatic amines is 2. The number of aromatic nitrogens is 3. The molecule has 3 rings (SSSR count). The van der Waals surface area contributed by atoms with Crippen molar-refractivity contribution in [1.82, 2.24) is 20.5 Å². The van der Waals surface area contributed by atoms with E-state index in [-0.39, 0.29) is 11.9 Å². The van der Waals surface area contributed by atoms with Gasteiger partial charge in [-0.2, -0.15) is 5.10 Å². The molecule has 0 saturated heterocycles. The van der Waals surface area contributed by atoms with Crippen LogP contribution in [0.3, 0.4) is 0 Å². The molecule has 140 valence electrons. The van der Waals surface area contributed by atoms with Crippen LogP contribution in [0.15, 0.2) is 12.1 Å². The Labute approximate surface area is 155 Å². The predicted octanol–water partition coefficient (Wildman–Crippen LogP) is 4.16. The normalized spacial score (nSPS) is 16.6. The van der Waals surface area contributed by atoms with Gasteiger partial charge in [-0.15, -0.1) is 0 Å². The third kappa shape index (κ3) is 4.09. The van der Waals surface area contributed by atoms with Crippen LogP contribution in [-0.4, -0.2) is 27.1 Å². The van der Waals surface area contributed by atoms with Crippen molar-refractivity contribution in [2.75, 3.05) is 0 Å². The van der Waals surface area contributed by atoms with Gasteiger partial charge in [0.1, 0.15) is 5.69 Å². The third-order valence-corrected chi connectivity index (χ3v) is 4.99. The van der Waals surface area contributed by atoms with E-state index in [1.165, 1.54) is 11.1 Å². The zero-order valence-corrected chi connectivity index (χ0v) is 16.5. The van der Waals surface area contributed by atoms with E-state index < -0.39 is 0 Å². The molecule has 0 spiro atoms. The van der Waals surface area contributed by atoms with Crippen LogP contribution in [0.2, 0.25) is 0 Å². The zero-order chi connectivity index (χ0) is 18.9. The highest BCUT2D eigenvalue weighted by Gasteiger charge is 2.21. The summed E-state index contributed by atoms with van der Waals surface area (Å²) in [6.07, 6.45) is 7.59. The molecule has 0 fully saturated rings. The van der Waals surface area contributed by atoms with E-state index in [9.17, 15) is 4.79 Å². The first-order valence-electron chi connectivity index (χ1n) is 9.50. The summed E-state index contributed by atoms with van der Waals surface area (Å²) < 4.78 is 0. The number of carbonyl (C=O) groups is 1. The minimum absolute atomic E-state index is 0.0581. The number of aryl methyl sites for hydroxylation is 1. The Morgan fingerprint density at radius 3 is 2.85 bits per heavy atom. The van der Waals surface area contributed by atoms with Crippen LogP contribution in [0.5, 0.6) is 0 Å². The van der Waals surface area contributed by atoms with Gasteiger partial charge in [-0.3, -0.25) is 9.89 Å². The molecule has 1 atom stereocenters. The Morgan fingerprint density at radius 2 is 2.15 bits per heavy atom. The molecule has 0 bridgehead atoms. The number of nitrogens with zero attached hydrogens (tertiary/aromatic N) is 1. The maximum Gasteiger partial charge on any atom is 0.220 e. The van der Waals surface area contributed by atoms with E-state index in [4.69, 9.17) is 0 Å². The second kappa shape index (κ2) is 7.14. The molecule has 0 aliphatic heterocycles. The molecule has 5 heteroatoms. The van der Waals surface area contributed by atoms with Crippen LogP contribution in [0, 0.1) is 12.3 Å². The smallest absolute Gasteiger partial charge is 0.220 e. The van der Waals surface area contributed by atoms with Crippen molar-refractivity contribution in [3.05, 3.63) is 34.7 Å². The second-order valence-corrected chi connectivity index (χ2v) is 8.44. The lowest BCUT2D eigenvalue weighted by Gasteiger charge is -2.18. The number of amides is 1. The summed E-state index contributed by atoms with van der Waals surface area (Å²) in [7, 11) is 0. The number of fused-ring (bicyclic) bond motifs is 1. The van der Waals surface area contributed by atoms with Crippen LogP contribution in [0.4, 0.5) is 0 Å². The average molecular weight is 354 g/mol. The number of H-pyrrole nitrogens is 2. The summed E-state index contributed by atoms with van der Waals surface area (Å²) in [6, 6.07) is 2.22. The minimum atomic E-state index is 0.0581. The van der Waals surface area contributed by atoms with Gasteiger partial charge in [-0.25, -0.2) is 0 Å². The van der Waals surface area contributed by atoms with Crippen molar-refractivity contribution in [3.63, 3.8) is 0 Å². The predicted molar refractivity (Wildman–Crippen MR) is 106 cm³/mol. The molecule has 0 radical (unpaired) electrons. The van der Waals surface area contributed by atoms with Gasteiger partial charge in [0.15, 0.2) is 0 Å². The van der Waals surface area contributed by atoms with E-state index in [2.05, 4.69) is 66.4 Å². The molecule has 0 aromatic carbocycles. The highest BCUT2D eigenvalue weighted by atomic mass is 16.1. The highest BCUT2D eigenvalue weighted by molar-refractivity contribution is 5.77. The van der Waals surface area contributed by atoms with Gasteiger partial charge in [0, 0.05) is 29.8 Å². The van der Waals surface area contributed by atoms with Crippen molar-refractivity contribution < 1.29 is 4.79 Å². The Hall–Kier alpha value is -2.30. The fourth-order valence-corrected chi connectivity index (χ4v) is 3.36. The van der Waals surface area contributed by atoms with Crippen molar-refractivity contribution in [2.24, 2.45) is 5.41 Å². The molecule has 5 nitrogen and oxygen atoms in total. The molecule has 1 aliphatic rings. The van der Waals surface area contributed by atoms with E-state index in [1.54, 1.807) is 0 Å². The van der Waals surface area contributed by atoms with Crippen LogP contribution in [-0.2, 0) is 17.6 Å². The number of carbonyl (C=O) groups excluding carboxylic acids is 1. The van der Waals surface area contributed by atoms with E-state index in [0.717, 1.165) is 42.0 Å². The molecule has 2 aromatic heterocycles. The zero-order valence-electron chi connectivity index (χ0n) is 16.5. The quantitative estimate of drug-likeness (QED) is 0.754. The summed E-state index contributed by atoms with van der Waals surface area (Å²) in [5.41, 5.74) is 7.14. The van der Waals surface area contributed by atoms with Crippen LogP contribution >= 0.6 is 0 Å². The Bertz CT molecular complexity index is 820. The SMILES string of the molecule is CCC(=O)NC1C=Cc2cc(-c3n[nH]c(C)c3CCC(C)(C)C)[nH]c2C1. The van der Waals surface area contributed by atoms with E-state index in [0.29, 0.717) is 11.8 Å². The molecule has 1 amide bonds. The monoisotopic (exact) mass is 354 g/mol. The molecule has 2 aromatic rings. The van der Waals surface area contributed by atoms with Gasteiger partial charge in [0.05, 0.1) is 11.7 Å². The molecular weight excluding hydrogens is 324 g/mol. The van der Waals surface area contributed by atoms with Crippen molar-refractivity contribution >= 4 is 12.0 Å². The fraction of sp³-hybridized carbons (Fsp3) is 0.524. The number of nitrogens with one attached hydrogen (secondary N) is 3. The van der Waals surface area contributed by atoms with Gasteiger partial charge in [0.25, 0.3) is 0 Å². The van der Waals surface area contributed by atoms with Crippen molar-refractivity contribution in [3.8, 4) is 11.4 Å². The molecule has 0 saturated carbocycles. The van der Waals surface area contributed by atoms with E-state index >= 15 is 0 Å². The fourth-order valence-electron chi connectivity index (χ4n) is 3.36.